The molecule has 0 saturated carbocycles. The molecule has 1 aliphatic rings. The molecule has 26 heavy (non-hydrogen) atoms. The molecule has 2 heterocycles. The van der Waals surface area contributed by atoms with Gasteiger partial charge in [-0.3, -0.25) is 4.79 Å². The minimum Gasteiger partial charge on any atom is -0.496 e. The molecule has 3 aromatic rings. The van der Waals surface area contributed by atoms with E-state index in [2.05, 4.69) is 11.1 Å². The lowest BCUT2D eigenvalue weighted by molar-refractivity contribution is 0.0709. The van der Waals surface area contributed by atoms with Crippen molar-refractivity contribution in [1.29, 1.82) is 0 Å². The molecule has 1 aromatic heterocycles. The van der Waals surface area contributed by atoms with Crippen LogP contribution in [0.2, 0.25) is 5.02 Å². The number of amides is 1. The molecule has 2 aromatic carbocycles. The van der Waals surface area contributed by atoms with Crippen molar-refractivity contribution < 1.29 is 9.53 Å². The lowest BCUT2D eigenvalue weighted by Crippen LogP contribution is -2.38. The van der Waals surface area contributed by atoms with E-state index in [4.69, 9.17) is 16.3 Å². The zero-order valence-electron chi connectivity index (χ0n) is 14.7. The Morgan fingerprint density at radius 3 is 2.69 bits per heavy atom. The van der Waals surface area contributed by atoms with E-state index in [1.807, 2.05) is 47.4 Å². The van der Waals surface area contributed by atoms with Gasteiger partial charge in [0.1, 0.15) is 5.75 Å². The van der Waals surface area contributed by atoms with Crippen molar-refractivity contribution in [3.05, 3.63) is 64.8 Å². The van der Waals surface area contributed by atoms with Crippen LogP contribution >= 0.6 is 11.6 Å². The van der Waals surface area contributed by atoms with Crippen LogP contribution in [0.25, 0.3) is 10.9 Å². The minimum absolute atomic E-state index is 0.0457. The largest absolute Gasteiger partial charge is 0.496 e. The maximum absolute atomic E-state index is 12.8. The van der Waals surface area contributed by atoms with Gasteiger partial charge in [-0.25, -0.2) is 0 Å². The second-order valence-electron chi connectivity index (χ2n) is 6.72. The minimum atomic E-state index is 0.0457. The van der Waals surface area contributed by atoms with Gasteiger partial charge in [-0.05, 0) is 49.2 Å². The Morgan fingerprint density at radius 2 is 1.92 bits per heavy atom. The number of methoxy groups -OCH3 is 1. The van der Waals surface area contributed by atoms with E-state index in [1.54, 1.807) is 7.11 Å². The summed E-state index contributed by atoms with van der Waals surface area (Å²) in [6.07, 6.45) is 1.89. The highest BCUT2D eigenvalue weighted by Gasteiger charge is 2.26. The number of halogens is 1. The smallest absolute Gasteiger partial charge is 0.257 e. The summed E-state index contributed by atoms with van der Waals surface area (Å²) in [7, 11) is 1.60. The van der Waals surface area contributed by atoms with E-state index in [1.165, 1.54) is 5.69 Å². The van der Waals surface area contributed by atoms with Crippen molar-refractivity contribution in [2.24, 2.45) is 0 Å². The zero-order chi connectivity index (χ0) is 18.1. The number of H-pyrrole nitrogens is 1. The Hall–Kier alpha value is -2.46. The fourth-order valence-corrected chi connectivity index (χ4v) is 3.91. The van der Waals surface area contributed by atoms with Gasteiger partial charge in [0.25, 0.3) is 5.91 Å². The Balaban J connectivity index is 1.47. The summed E-state index contributed by atoms with van der Waals surface area (Å²) in [6, 6.07) is 15.5. The maximum Gasteiger partial charge on any atom is 0.257 e. The fraction of sp³-hybridized carbons (Fsp3) is 0.286. The predicted molar refractivity (Wildman–Crippen MR) is 104 cm³/mol. The van der Waals surface area contributed by atoms with Gasteiger partial charge in [-0.1, -0.05) is 23.7 Å². The molecule has 1 fully saturated rings. The number of ether oxygens (including phenoxy) is 1. The molecule has 0 radical (unpaired) electrons. The number of likely N-dealkylation sites (tertiary alicyclic amines) is 1. The molecule has 0 bridgehead atoms. The summed E-state index contributed by atoms with van der Waals surface area (Å²) in [5, 5.41) is 1.89. The molecule has 0 atom stereocenters. The van der Waals surface area contributed by atoms with Crippen molar-refractivity contribution in [1.82, 2.24) is 9.88 Å². The number of piperidine rings is 1. The molecule has 1 saturated heterocycles. The quantitative estimate of drug-likeness (QED) is 0.718. The molecule has 1 N–H and O–H groups in total. The van der Waals surface area contributed by atoms with E-state index in [0.29, 0.717) is 17.2 Å². The molecule has 1 aliphatic heterocycles. The van der Waals surface area contributed by atoms with E-state index >= 15 is 0 Å². The van der Waals surface area contributed by atoms with Gasteiger partial charge in [-0.15, -0.1) is 0 Å². The summed E-state index contributed by atoms with van der Waals surface area (Å²) in [6.45, 7) is 1.50. The number of aromatic nitrogens is 1. The average molecular weight is 369 g/mol. The van der Waals surface area contributed by atoms with Crippen molar-refractivity contribution in [2.75, 3.05) is 20.2 Å². The zero-order valence-corrected chi connectivity index (χ0v) is 15.4. The second-order valence-corrected chi connectivity index (χ2v) is 7.16. The van der Waals surface area contributed by atoms with Gasteiger partial charge < -0.3 is 14.6 Å². The predicted octanol–water partition coefficient (Wildman–Crippen LogP) is 4.85. The van der Waals surface area contributed by atoms with E-state index in [0.717, 1.165) is 41.9 Å². The van der Waals surface area contributed by atoms with Crippen LogP contribution in [0.3, 0.4) is 0 Å². The molecule has 4 nitrogen and oxygen atoms in total. The molecule has 134 valence electrons. The number of hydrogen-bond donors (Lipinski definition) is 1. The van der Waals surface area contributed by atoms with Crippen LogP contribution in [0, 0.1) is 0 Å². The van der Waals surface area contributed by atoms with Crippen LogP contribution in [0.4, 0.5) is 0 Å². The maximum atomic E-state index is 12.8. The number of fused-ring (bicyclic) bond motifs is 1. The van der Waals surface area contributed by atoms with Crippen molar-refractivity contribution >= 4 is 28.4 Å². The van der Waals surface area contributed by atoms with Crippen molar-refractivity contribution in [3.8, 4) is 5.75 Å². The Morgan fingerprint density at radius 1 is 1.15 bits per heavy atom. The van der Waals surface area contributed by atoms with Gasteiger partial charge in [0, 0.05) is 40.6 Å². The Kier molecular flexibility index (Phi) is 4.60. The summed E-state index contributed by atoms with van der Waals surface area (Å²) in [4.78, 5) is 18.3. The summed E-state index contributed by atoms with van der Waals surface area (Å²) in [5.74, 6) is 1.11. The summed E-state index contributed by atoms with van der Waals surface area (Å²) >= 11 is 6.08. The standard InChI is InChI=1S/C21H21ClN2O2/c1-26-20-5-3-2-4-17(20)21(25)24-10-8-14(9-11-24)19-13-15-12-16(22)6-7-18(15)23-19/h2-7,12-14,23H,8-11H2,1H3. The van der Waals surface area contributed by atoms with Crippen LogP contribution in [0.15, 0.2) is 48.5 Å². The van der Waals surface area contributed by atoms with Crippen LogP contribution in [-0.2, 0) is 0 Å². The number of hydrogen-bond acceptors (Lipinski definition) is 2. The average Bonchev–Trinajstić information content (AvgIpc) is 3.10. The number of nitrogens with one attached hydrogen (secondary N) is 1. The van der Waals surface area contributed by atoms with E-state index in [9.17, 15) is 4.79 Å². The Labute approximate surface area is 157 Å². The first-order chi connectivity index (χ1) is 12.7. The third-order valence-corrected chi connectivity index (χ3v) is 5.40. The first kappa shape index (κ1) is 17.0. The van der Waals surface area contributed by atoms with Crippen molar-refractivity contribution in [2.45, 2.75) is 18.8 Å². The summed E-state index contributed by atoms with van der Waals surface area (Å²) in [5.41, 5.74) is 2.97. The van der Waals surface area contributed by atoms with Crippen molar-refractivity contribution in [3.63, 3.8) is 0 Å². The van der Waals surface area contributed by atoms with Gasteiger partial charge in [0.2, 0.25) is 0 Å². The number of benzene rings is 2. The molecule has 0 spiro atoms. The van der Waals surface area contributed by atoms with Crippen LogP contribution in [-0.4, -0.2) is 36.0 Å². The lowest BCUT2D eigenvalue weighted by atomic mass is 9.93. The third kappa shape index (κ3) is 3.17. The Bertz CT molecular complexity index is 942. The van der Waals surface area contributed by atoms with Gasteiger partial charge in [0.05, 0.1) is 12.7 Å². The monoisotopic (exact) mass is 368 g/mol. The normalized spacial score (nSPS) is 15.4. The van der Waals surface area contributed by atoms with Crippen LogP contribution in [0.5, 0.6) is 5.75 Å². The molecular weight excluding hydrogens is 348 g/mol. The topological polar surface area (TPSA) is 45.3 Å². The van der Waals surface area contributed by atoms with Crippen LogP contribution in [0.1, 0.15) is 34.8 Å². The third-order valence-electron chi connectivity index (χ3n) is 5.16. The molecule has 4 rings (SSSR count). The fourth-order valence-electron chi connectivity index (χ4n) is 3.73. The first-order valence-electron chi connectivity index (χ1n) is 8.86. The first-order valence-corrected chi connectivity index (χ1v) is 9.24. The summed E-state index contributed by atoms with van der Waals surface area (Å²) < 4.78 is 5.33. The number of nitrogens with zero attached hydrogens (tertiary/aromatic N) is 1. The van der Waals surface area contributed by atoms with Gasteiger partial charge in [-0.2, -0.15) is 0 Å². The number of carbonyl (C=O) groups excluding carboxylic acids is 1. The molecule has 5 heteroatoms. The molecule has 1 amide bonds. The lowest BCUT2D eigenvalue weighted by Gasteiger charge is -2.32. The number of carbonyl (C=O) groups is 1. The number of para-hydroxylation sites is 1. The highest BCUT2D eigenvalue weighted by atomic mass is 35.5. The molecular formula is C21H21ClN2O2. The van der Waals surface area contributed by atoms with Crippen LogP contribution < -0.4 is 4.74 Å². The highest BCUT2D eigenvalue weighted by Crippen LogP contribution is 2.32. The number of aromatic amines is 1. The molecule has 0 aliphatic carbocycles. The molecule has 0 unspecified atom stereocenters. The highest BCUT2D eigenvalue weighted by molar-refractivity contribution is 6.31. The second kappa shape index (κ2) is 7.04. The van der Waals surface area contributed by atoms with E-state index < -0.39 is 0 Å². The van der Waals surface area contributed by atoms with Gasteiger partial charge in [0.15, 0.2) is 0 Å². The van der Waals surface area contributed by atoms with E-state index in [-0.39, 0.29) is 5.91 Å². The van der Waals surface area contributed by atoms with Gasteiger partial charge >= 0.3 is 0 Å². The number of rotatable bonds is 3. The SMILES string of the molecule is COc1ccccc1C(=O)N1CCC(c2cc3cc(Cl)ccc3[nH]2)CC1.